The van der Waals surface area contributed by atoms with E-state index < -0.39 is 17.8 Å². The molecule has 4 amide bonds. The Labute approximate surface area is 186 Å². The maximum absolute atomic E-state index is 13.0. The first-order valence-electron chi connectivity index (χ1n) is 10.4. The normalized spacial score (nSPS) is 15.0. The first kappa shape index (κ1) is 22.9. The molecule has 0 aromatic heterocycles. The molecule has 0 bridgehead atoms. The van der Waals surface area contributed by atoms with Crippen LogP contribution in [-0.4, -0.2) is 38.2 Å². The van der Waals surface area contributed by atoms with Crippen LogP contribution in [0.3, 0.4) is 0 Å². The Bertz CT molecular complexity index is 1030. The number of imide groups is 2. The van der Waals surface area contributed by atoms with Gasteiger partial charge in [-0.3, -0.25) is 14.9 Å². The zero-order valence-corrected chi connectivity index (χ0v) is 18.3. The fraction of sp³-hybridized carbons (Fsp3) is 0.292. The summed E-state index contributed by atoms with van der Waals surface area (Å²) in [6.45, 7) is 4.94. The van der Waals surface area contributed by atoms with E-state index in [1.807, 2.05) is 6.92 Å². The van der Waals surface area contributed by atoms with Crippen LogP contribution < -0.4 is 24.4 Å². The molecule has 0 aliphatic carbocycles. The van der Waals surface area contributed by atoms with Gasteiger partial charge in [-0.1, -0.05) is 19.4 Å². The molecule has 0 spiro atoms. The summed E-state index contributed by atoms with van der Waals surface area (Å²) in [4.78, 5) is 38.7. The number of carbonyl (C=O) groups is 3. The fourth-order valence-corrected chi connectivity index (χ4v) is 3.12. The first-order valence-corrected chi connectivity index (χ1v) is 10.4. The molecule has 32 heavy (non-hydrogen) atoms. The molecule has 3 rings (SSSR count). The van der Waals surface area contributed by atoms with Crippen molar-refractivity contribution in [2.45, 2.75) is 26.7 Å². The van der Waals surface area contributed by atoms with Crippen LogP contribution in [0, 0.1) is 0 Å². The number of methoxy groups -OCH3 is 1. The van der Waals surface area contributed by atoms with Crippen LogP contribution in [-0.2, 0) is 9.59 Å². The van der Waals surface area contributed by atoms with Crippen molar-refractivity contribution >= 4 is 29.6 Å². The third-order valence-electron chi connectivity index (χ3n) is 4.77. The van der Waals surface area contributed by atoms with E-state index in [-0.39, 0.29) is 5.57 Å². The van der Waals surface area contributed by atoms with Crippen LogP contribution in [0.5, 0.6) is 17.2 Å². The van der Waals surface area contributed by atoms with E-state index in [1.54, 1.807) is 42.5 Å². The van der Waals surface area contributed by atoms with Crippen LogP contribution in [0.2, 0.25) is 0 Å². The standard InChI is InChI=1S/C24H26N2O6/c1-4-6-13-32-20-12-7-16(15-21(20)31-5-2)14-19-22(27)25-24(29)26(23(19)28)17-8-10-18(30-3)11-9-17/h7-12,14-15H,4-6,13H2,1-3H3,(H,25,27,29)/b19-14+. The molecule has 1 aliphatic heterocycles. The quantitative estimate of drug-likeness (QED) is 0.362. The first-order chi connectivity index (χ1) is 15.5. The van der Waals surface area contributed by atoms with Crippen molar-refractivity contribution < 1.29 is 28.6 Å². The Morgan fingerprint density at radius 1 is 0.969 bits per heavy atom. The number of anilines is 1. The van der Waals surface area contributed by atoms with Gasteiger partial charge >= 0.3 is 6.03 Å². The summed E-state index contributed by atoms with van der Waals surface area (Å²) in [5.74, 6) is 0.216. The highest BCUT2D eigenvalue weighted by molar-refractivity contribution is 6.39. The van der Waals surface area contributed by atoms with Crippen molar-refractivity contribution in [3.63, 3.8) is 0 Å². The predicted octanol–water partition coefficient (Wildman–Crippen LogP) is 3.94. The maximum atomic E-state index is 13.0. The molecule has 1 fully saturated rings. The van der Waals surface area contributed by atoms with Gasteiger partial charge in [0.05, 0.1) is 26.0 Å². The van der Waals surface area contributed by atoms with Crippen molar-refractivity contribution in [2.75, 3.05) is 25.2 Å². The van der Waals surface area contributed by atoms with Crippen molar-refractivity contribution in [1.82, 2.24) is 5.32 Å². The molecule has 8 heteroatoms. The van der Waals surface area contributed by atoms with Crippen molar-refractivity contribution in [3.05, 3.63) is 53.6 Å². The smallest absolute Gasteiger partial charge is 0.335 e. The molecule has 168 valence electrons. The Morgan fingerprint density at radius 2 is 1.72 bits per heavy atom. The minimum absolute atomic E-state index is 0.164. The van der Waals surface area contributed by atoms with Gasteiger partial charge in [-0.25, -0.2) is 9.69 Å². The third-order valence-corrected chi connectivity index (χ3v) is 4.77. The summed E-state index contributed by atoms with van der Waals surface area (Å²) in [6.07, 6.45) is 3.36. The summed E-state index contributed by atoms with van der Waals surface area (Å²) in [5, 5.41) is 2.21. The lowest BCUT2D eigenvalue weighted by Crippen LogP contribution is -2.54. The SMILES string of the molecule is CCCCOc1ccc(/C=C2\C(=O)NC(=O)N(c3ccc(OC)cc3)C2=O)cc1OCC. The van der Waals surface area contributed by atoms with Gasteiger partial charge in [0, 0.05) is 0 Å². The summed E-state index contributed by atoms with van der Waals surface area (Å²) in [7, 11) is 1.52. The monoisotopic (exact) mass is 438 g/mol. The number of rotatable bonds is 9. The Kier molecular flexibility index (Phi) is 7.49. The molecule has 8 nitrogen and oxygen atoms in total. The van der Waals surface area contributed by atoms with Gasteiger partial charge in [0.25, 0.3) is 11.8 Å². The number of hydrogen-bond donors (Lipinski definition) is 1. The molecular weight excluding hydrogens is 412 g/mol. The zero-order valence-electron chi connectivity index (χ0n) is 18.3. The molecule has 2 aromatic rings. The number of carbonyl (C=O) groups excluding carboxylic acids is 3. The number of benzene rings is 2. The highest BCUT2D eigenvalue weighted by Gasteiger charge is 2.36. The lowest BCUT2D eigenvalue weighted by molar-refractivity contribution is -0.122. The molecule has 0 atom stereocenters. The number of amides is 4. The lowest BCUT2D eigenvalue weighted by Gasteiger charge is -2.26. The Hall–Kier alpha value is -3.81. The van der Waals surface area contributed by atoms with Crippen molar-refractivity contribution in [2.24, 2.45) is 0 Å². The molecule has 1 heterocycles. The van der Waals surface area contributed by atoms with Crippen molar-refractivity contribution in [3.8, 4) is 17.2 Å². The second-order valence-corrected chi connectivity index (χ2v) is 7.00. The summed E-state index contributed by atoms with van der Waals surface area (Å²) in [6, 6.07) is 10.8. The molecule has 1 N–H and O–H groups in total. The van der Waals surface area contributed by atoms with Crippen LogP contribution in [0.15, 0.2) is 48.0 Å². The molecule has 0 unspecified atom stereocenters. The maximum Gasteiger partial charge on any atom is 0.335 e. The number of unbranched alkanes of at least 4 members (excludes halogenated alkanes) is 1. The summed E-state index contributed by atoms with van der Waals surface area (Å²) < 4.78 is 16.5. The predicted molar refractivity (Wildman–Crippen MR) is 120 cm³/mol. The highest BCUT2D eigenvalue weighted by atomic mass is 16.5. The number of nitrogens with zero attached hydrogens (tertiary/aromatic N) is 1. The van der Waals surface area contributed by atoms with Gasteiger partial charge < -0.3 is 14.2 Å². The van der Waals surface area contributed by atoms with E-state index >= 15 is 0 Å². The average Bonchev–Trinajstić information content (AvgIpc) is 2.78. The second-order valence-electron chi connectivity index (χ2n) is 7.00. The number of nitrogens with one attached hydrogen (secondary N) is 1. The molecule has 1 saturated heterocycles. The summed E-state index contributed by atoms with van der Waals surface area (Å²) in [5.41, 5.74) is 0.725. The number of ether oxygens (including phenoxy) is 3. The minimum atomic E-state index is -0.808. The van der Waals surface area contributed by atoms with Gasteiger partial charge in [0.2, 0.25) is 0 Å². The van der Waals surface area contributed by atoms with Crippen molar-refractivity contribution in [1.29, 1.82) is 0 Å². The average molecular weight is 438 g/mol. The zero-order chi connectivity index (χ0) is 23.1. The lowest BCUT2D eigenvalue weighted by atomic mass is 10.1. The third kappa shape index (κ3) is 5.08. The van der Waals surface area contributed by atoms with Gasteiger partial charge in [-0.2, -0.15) is 0 Å². The molecular formula is C24H26N2O6. The van der Waals surface area contributed by atoms with Crippen LogP contribution in [0.25, 0.3) is 6.08 Å². The number of hydrogen-bond acceptors (Lipinski definition) is 6. The van der Waals surface area contributed by atoms with Crippen LogP contribution in [0.4, 0.5) is 10.5 Å². The fourth-order valence-electron chi connectivity index (χ4n) is 3.12. The topological polar surface area (TPSA) is 94.2 Å². The van der Waals surface area contributed by atoms with E-state index in [4.69, 9.17) is 14.2 Å². The summed E-state index contributed by atoms with van der Waals surface area (Å²) >= 11 is 0. The number of barbiturate groups is 1. The molecule has 0 saturated carbocycles. The molecule has 1 aliphatic rings. The second kappa shape index (κ2) is 10.5. The Morgan fingerprint density at radius 3 is 2.38 bits per heavy atom. The Balaban J connectivity index is 1.91. The van der Waals surface area contributed by atoms with E-state index in [0.29, 0.717) is 41.7 Å². The van der Waals surface area contributed by atoms with Gasteiger partial charge in [-0.15, -0.1) is 0 Å². The van der Waals surface area contributed by atoms with Gasteiger partial charge in [0.15, 0.2) is 11.5 Å². The van der Waals surface area contributed by atoms with E-state index in [0.717, 1.165) is 17.7 Å². The van der Waals surface area contributed by atoms with Crippen LogP contribution in [0.1, 0.15) is 32.3 Å². The van der Waals surface area contributed by atoms with E-state index in [1.165, 1.54) is 13.2 Å². The van der Waals surface area contributed by atoms with Gasteiger partial charge in [0.1, 0.15) is 11.3 Å². The largest absolute Gasteiger partial charge is 0.497 e. The minimum Gasteiger partial charge on any atom is -0.497 e. The van der Waals surface area contributed by atoms with Crippen LogP contribution >= 0.6 is 0 Å². The number of urea groups is 1. The molecule has 0 radical (unpaired) electrons. The highest BCUT2D eigenvalue weighted by Crippen LogP contribution is 2.30. The van der Waals surface area contributed by atoms with E-state index in [2.05, 4.69) is 12.2 Å². The molecule has 2 aromatic carbocycles. The van der Waals surface area contributed by atoms with Gasteiger partial charge in [-0.05, 0) is 61.4 Å². The van der Waals surface area contributed by atoms with E-state index in [9.17, 15) is 14.4 Å².